The Kier molecular flexibility index (Phi) is 0.851. The van der Waals surface area contributed by atoms with Gasteiger partial charge in [-0.15, -0.1) is 0 Å². The zero-order valence-electron chi connectivity index (χ0n) is 6.46. The van der Waals surface area contributed by atoms with Gasteiger partial charge in [0.15, 0.2) is 0 Å². The van der Waals surface area contributed by atoms with Crippen molar-refractivity contribution in [1.29, 1.82) is 0 Å². The fourth-order valence-corrected chi connectivity index (χ4v) is 3.63. The second kappa shape index (κ2) is 1.52. The van der Waals surface area contributed by atoms with E-state index in [1.165, 1.54) is 0 Å². The molecule has 4 saturated carbocycles. The van der Waals surface area contributed by atoms with E-state index < -0.39 is 6.17 Å². The van der Waals surface area contributed by atoms with Crippen molar-refractivity contribution in [1.82, 2.24) is 0 Å². The van der Waals surface area contributed by atoms with Crippen LogP contribution >= 0.6 is 0 Å². The average Bonchev–Trinajstić information content (AvgIpc) is 2.33. The third kappa shape index (κ3) is 0.491. The smallest absolute Gasteiger partial charge is 0.133 e. The number of Topliss-reactive ketones (excluding diaryl/α,β-unsaturated/α-hetero) is 1. The molecule has 4 bridgehead atoms. The van der Waals surface area contributed by atoms with Gasteiger partial charge in [-0.3, -0.25) is 4.79 Å². The molecule has 11 heavy (non-hydrogen) atoms. The normalized spacial score (nSPS) is 63.5. The molecule has 60 valence electrons. The van der Waals surface area contributed by atoms with Crippen LogP contribution in [0.3, 0.4) is 0 Å². The van der Waals surface area contributed by atoms with E-state index in [2.05, 4.69) is 0 Å². The molecule has 4 aliphatic rings. The number of alkyl halides is 1. The first-order valence-electron chi connectivity index (χ1n) is 4.36. The summed E-state index contributed by atoms with van der Waals surface area (Å²) in [4.78, 5) is 11.1. The molecule has 0 aliphatic heterocycles. The highest BCUT2D eigenvalue weighted by atomic mass is 19.1. The standard InChI is InChI=1S/C9H11FO/c1-3(11)6-5-2-4-7(6)8(4)9(5)10/h4-9H,2H2,1H3. The lowest BCUT2D eigenvalue weighted by atomic mass is 9.94. The van der Waals surface area contributed by atoms with Gasteiger partial charge in [0.2, 0.25) is 0 Å². The molecule has 0 amide bonds. The van der Waals surface area contributed by atoms with E-state index in [0.717, 1.165) is 6.42 Å². The predicted octanol–water partition coefficient (Wildman–Crippen LogP) is 1.43. The zero-order valence-corrected chi connectivity index (χ0v) is 6.46. The Bertz CT molecular complexity index is 238. The molecule has 4 aliphatic carbocycles. The third-order valence-corrected chi connectivity index (χ3v) is 3.96. The van der Waals surface area contributed by atoms with Gasteiger partial charge < -0.3 is 0 Å². The molecule has 0 spiro atoms. The Morgan fingerprint density at radius 1 is 1.36 bits per heavy atom. The van der Waals surface area contributed by atoms with Crippen LogP contribution in [-0.2, 0) is 4.79 Å². The first-order chi connectivity index (χ1) is 5.22. The van der Waals surface area contributed by atoms with Crippen LogP contribution in [0.1, 0.15) is 13.3 Å². The van der Waals surface area contributed by atoms with Crippen LogP contribution in [0.15, 0.2) is 0 Å². The summed E-state index contributed by atoms with van der Waals surface area (Å²) >= 11 is 0. The average molecular weight is 154 g/mol. The van der Waals surface area contributed by atoms with Crippen LogP contribution in [0.2, 0.25) is 0 Å². The first kappa shape index (κ1) is 6.15. The topological polar surface area (TPSA) is 17.1 Å². The summed E-state index contributed by atoms with van der Waals surface area (Å²) in [5.41, 5.74) is 0. The summed E-state index contributed by atoms with van der Waals surface area (Å²) in [6.07, 6.45) is 0.375. The van der Waals surface area contributed by atoms with Gasteiger partial charge in [0.25, 0.3) is 0 Å². The molecular weight excluding hydrogens is 143 g/mol. The molecule has 6 unspecified atom stereocenters. The van der Waals surface area contributed by atoms with Gasteiger partial charge in [0.1, 0.15) is 12.0 Å². The van der Waals surface area contributed by atoms with Crippen molar-refractivity contribution in [3.8, 4) is 0 Å². The molecule has 0 aromatic carbocycles. The Hall–Kier alpha value is -0.400. The van der Waals surface area contributed by atoms with Crippen molar-refractivity contribution in [3.63, 3.8) is 0 Å². The molecule has 0 heterocycles. The molecular formula is C9H11FO. The van der Waals surface area contributed by atoms with E-state index in [-0.39, 0.29) is 17.6 Å². The van der Waals surface area contributed by atoms with E-state index >= 15 is 0 Å². The summed E-state index contributed by atoms with van der Waals surface area (Å²) in [5, 5.41) is 0. The highest BCUT2D eigenvalue weighted by molar-refractivity contribution is 5.81. The number of hydrogen-bond acceptors (Lipinski definition) is 1. The van der Waals surface area contributed by atoms with Crippen LogP contribution in [0.25, 0.3) is 0 Å². The lowest BCUT2D eigenvalue weighted by molar-refractivity contribution is -0.122. The minimum atomic E-state index is -0.626. The number of rotatable bonds is 1. The van der Waals surface area contributed by atoms with E-state index in [0.29, 0.717) is 17.8 Å². The number of halogens is 1. The zero-order chi connectivity index (χ0) is 7.75. The number of hydrogen-bond donors (Lipinski definition) is 0. The van der Waals surface area contributed by atoms with E-state index in [9.17, 15) is 9.18 Å². The maximum Gasteiger partial charge on any atom is 0.133 e. The quantitative estimate of drug-likeness (QED) is 0.558. The Morgan fingerprint density at radius 2 is 2.09 bits per heavy atom. The van der Waals surface area contributed by atoms with Gasteiger partial charge in [-0.2, -0.15) is 0 Å². The van der Waals surface area contributed by atoms with Crippen molar-refractivity contribution in [3.05, 3.63) is 0 Å². The minimum absolute atomic E-state index is 0.111. The summed E-state index contributed by atoms with van der Waals surface area (Å²) in [6, 6.07) is 0. The summed E-state index contributed by atoms with van der Waals surface area (Å²) in [5.74, 6) is 1.82. The van der Waals surface area contributed by atoms with Crippen LogP contribution < -0.4 is 0 Å². The minimum Gasteiger partial charge on any atom is -0.300 e. The fourth-order valence-electron chi connectivity index (χ4n) is 3.63. The fraction of sp³-hybridized carbons (Fsp3) is 0.889. The van der Waals surface area contributed by atoms with Gasteiger partial charge >= 0.3 is 0 Å². The highest BCUT2D eigenvalue weighted by Gasteiger charge is 2.75. The second-order valence-electron chi connectivity index (χ2n) is 4.30. The summed E-state index contributed by atoms with van der Waals surface area (Å²) < 4.78 is 13.3. The van der Waals surface area contributed by atoms with Gasteiger partial charge in [-0.05, 0) is 31.1 Å². The Morgan fingerprint density at radius 3 is 2.27 bits per heavy atom. The molecule has 6 atom stereocenters. The van der Waals surface area contributed by atoms with Gasteiger partial charge in [0, 0.05) is 11.8 Å². The molecule has 4 rings (SSSR count). The first-order valence-corrected chi connectivity index (χ1v) is 4.36. The molecule has 0 aromatic rings. The van der Waals surface area contributed by atoms with Crippen molar-refractivity contribution in [2.45, 2.75) is 19.5 Å². The Balaban J connectivity index is 1.97. The lowest BCUT2D eigenvalue weighted by Gasteiger charge is -2.11. The van der Waals surface area contributed by atoms with Gasteiger partial charge in [-0.1, -0.05) is 0 Å². The van der Waals surface area contributed by atoms with Crippen LogP contribution in [-0.4, -0.2) is 12.0 Å². The van der Waals surface area contributed by atoms with E-state index in [1.54, 1.807) is 6.92 Å². The predicted molar refractivity (Wildman–Crippen MR) is 37.6 cm³/mol. The van der Waals surface area contributed by atoms with Crippen molar-refractivity contribution >= 4 is 5.78 Å². The molecule has 2 heteroatoms. The molecule has 0 aromatic heterocycles. The van der Waals surface area contributed by atoms with Crippen LogP contribution in [0.4, 0.5) is 4.39 Å². The maximum atomic E-state index is 13.3. The molecule has 0 radical (unpaired) electrons. The van der Waals surface area contributed by atoms with Crippen molar-refractivity contribution in [2.75, 3.05) is 0 Å². The van der Waals surface area contributed by atoms with Gasteiger partial charge in [0.05, 0.1) is 0 Å². The van der Waals surface area contributed by atoms with E-state index in [1.807, 2.05) is 0 Å². The van der Waals surface area contributed by atoms with Crippen LogP contribution in [0, 0.1) is 29.6 Å². The highest BCUT2D eigenvalue weighted by Crippen LogP contribution is 2.74. The largest absolute Gasteiger partial charge is 0.300 e. The maximum absolute atomic E-state index is 13.3. The van der Waals surface area contributed by atoms with Crippen molar-refractivity contribution in [2.24, 2.45) is 29.6 Å². The number of carbonyl (C=O) groups is 1. The summed E-state index contributed by atoms with van der Waals surface area (Å²) in [7, 11) is 0. The molecule has 1 nitrogen and oxygen atoms in total. The molecule has 0 saturated heterocycles. The third-order valence-electron chi connectivity index (χ3n) is 3.96. The number of carbonyl (C=O) groups excluding carboxylic acids is 1. The molecule has 4 fully saturated rings. The Labute approximate surface area is 65.0 Å². The lowest BCUT2D eigenvalue weighted by Crippen LogP contribution is -2.18. The second-order valence-corrected chi connectivity index (χ2v) is 4.30. The van der Waals surface area contributed by atoms with E-state index in [4.69, 9.17) is 0 Å². The molecule has 0 N–H and O–H groups in total. The monoisotopic (exact) mass is 154 g/mol. The number of ketones is 1. The van der Waals surface area contributed by atoms with Gasteiger partial charge in [-0.25, -0.2) is 4.39 Å². The van der Waals surface area contributed by atoms with Crippen LogP contribution in [0.5, 0.6) is 0 Å². The SMILES string of the molecule is CC(=O)C1C2CC3C(C2F)C31. The summed E-state index contributed by atoms with van der Waals surface area (Å²) in [6.45, 7) is 1.62. The van der Waals surface area contributed by atoms with Crippen molar-refractivity contribution < 1.29 is 9.18 Å².